The second-order valence-corrected chi connectivity index (χ2v) is 10.3. The highest BCUT2D eigenvalue weighted by molar-refractivity contribution is 8.01. The fraction of sp³-hybridized carbons (Fsp3) is 0.588. The molecule has 0 aliphatic rings. The van der Waals surface area contributed by atoms with Crippen LogP contribution in [0.3, 0.4) is 0 Å². The van der Waals surface area contributed by atoms with E-state index in [9.17, 15) is 9.65 Å². The van der Waals surface area contributed by atoms with Crippen LogP contribution < -0.4 is 4.72 Å². The van der Waals surface area contributed by atoms with Gasteiger partial charge in [-0.1, -0.05) is 30.1 Å². The van der Waals surface area contributed by atoms with Crippen molar-refractivity contribution in [3.8, 4) is 6.07 Å². The number of nitrogens with one attached hydrogen (secondary N) is 1. The molecule has 1 rings (SSSR count). The van der Waals surface area contributed by atoms with Gasteiger partial charge in [0.15, 0.2) is 0 Å². The highest BCUT2D eigenvalue weighted by atomic mass is 32.2. The number of nitrogens with zero attached hydrogens (tertiary/aromatic N) is 1. The second-order valence-electron chi connectivity index (χ2n) is 7.04. The van der Waals surface area contributed by atoms with Crippen LogP contribution in [-0.4, -0.2) is 15.2 Å². The van der Waals surface area contributed by atoms with Crippen LogP contribution in [-0.2, 0) is 5.54 Å². The molecule has 0 bridgehead atoms. The predicted molar refractivity (Wildman–Crippen MR) is 96.4 cm³/mol. The molecule has 0 radical (unpaired) electrons. The molecule has 0 aliphatic heterocycles. The van der Waals surface area contributed by atoms with Gasteiger partial charge in [0, 0.05) is 16.1 Å². The lowest BCUT2D eigenvalue weighted by Crippen LogP contribution is -2.41. The number of halogens is 1. The van der Waals surface area contributed by atoms with Gasteiger partial charge in [0.1, 0.15) is 5.82 Å². The summed E-state index contributed by atoms with van der Waals surface area (Å²) < 4.78 is 17.2. The molecule has 2 nitrogen and oxygen atoms in total. The summed E-state index contributed by atoms with van der Waals surface area (Å²) in [5.74, 6) is 0.389. The van der Waals surface area contributed by atoms with Crippen molar-refractivity contribution in [2.24, 2.45) is 0 Å². The minimum atomic E-state index is -0.553. The first-order chi connectivity index (χ1) is 9.99. The number of nitriles is 1. The van der Waals surface area contributed by atoms with E-state index in [-0.39, 0.29) is 10.6 Å². The SMILES string of the molecule is CC(C)(C)SN[C@@](C)(CSC(C)(C)C#N)c1ccccc1F. The van der Waals surface area contributed by atoms with Crippen LogP contribution in [0.15, 0.2) is 24.3 Å². The van der Waals surface area contributed by atoms with Crippen molar-refractivity contribution in [2.75, 3.05) is 5.75 Å². The molecule has 1 aromatic carbocycles. The first-order valence-electron chi connectivity index (χ1n) is 7.24. The lowest BCUT2D eigenvalue weighted by atomic mass is 9.95. The Kier molecular flexibility index (Phi) is 6.37. The number of benzene rings is 1. The Morgan fingerprint density at radius 2 is 1.73 bits per heavy atom. The van der Waals surface area contributed by atoms with Crippen LogP contribution in [0.5, 0.6) is 0 Å². The molecule has 1 atom stereocenters. The lowest BCUT2D eigenvalue weighted by molar-refractivity contribution is 0.475. The van der Waals surface area contributed by atoms with E-state index < -0.39 is 10.3 Å². The molecule has 0 aromatic heterocycles. The first kappa shape index (κ1) is 19.3. The van der Waals surface area contributed by atoms with Gasteiger partial charge in [-0.25, -0.2) is 4.39 Å². The summed E-state index contributed by atoms with van der Waals surface area (Å²) in [6.07, 6.45) is 0. The molecule has 0 heterocycles. The molecular formula is C17H25FN2S2. The number of thioether (sulfide) groups is 1. The van der Waals surface area contributed by atoms with Crippen LogP contribution in [0.2, 0.25) is 0 Å². The quantitative estimate of drug-likeness (QED) is 0.730. The van der Waals surface area contributed by atoms with E-state index in [1.54, 1.807) is 18.0 Å². The van der Waals surface area contributed by atoms with Gasteiger partial charge in [-0.05, 0) is 47.6 Å². The Labute approximate surface area is 142 Å². The van der Waals surface area contributed by atoms with Crippen molar-refractivity contribution >= 4 is 23.7 Å². The van der Waals surface area contributed by atoms with E-state index in [2.05, 4.69) is 31.6 Å². The van der Waals surface area contributed by atoms with Crippen molar-refractivity contribution in [1.82, 2.24) is 4.72 Å². The van der Waals surface area contributed by atoms with Gasteiger partial charge in [0.25, 0.3) is 0 Å². The Hall–Kier alpha value is -0.700. The van der Waals surface area contributed by atoms with E-state index in [1.165, 1.54) is 17.8 Å². The molecule has 0 unspecified atom stereocenters. The van der Waals surface area contributed by atoms with E-state index in [0.717, 1.165) is 0 Å². The molecule has 0 spiro atoms. The van der Waals surface area contributed by atoms with Crippen LogP contribution in [0.1, 0.15) is 47.1 Å². The average molecular weight is 341 g/mol. The van der Waals surface area contributed by atoms with Crippen molar-refractivity contribution in [2.45, 2.75) is 56.6 Å². The zero-order valence-corrected chi connectivity index (χ0v) is 15.8. The van der Waals surface area contributed by atoms with Gasteiger partial charge < -0.3 is 0 Å². The van der Waals surface area contributed by atoms with Crippen molar-refractivity contribution < 1.29 is 4.39 Å². The standard InChI is InChI=1S/C17H25FN2S2/c1-15(2,3)22-20-17(6,12-21-16(4,5)11-19)13-9-7-8-10-14(13)18/h7-10,20H,12H2,1-6H3/t17-/m0/s1. The summed E-state index contributed by atoms with van der Waals surface area (Å²) in [4.78, 5) is 0. The van der Waals surface area contributed by atoms with Gasteiger partial charge in [-0.3, -0.25) is 4.72 Å². The highest BCUT2D eigenvalue weighted by Gasteiger charge is 2.33. The average Bonchev–Trinajstić information content (AvgIpc) is 2.43. The number of hydrogen-bond donors (Lipinski definition) is 1. The molecule has 0 aliphatic carbocycles. The fourth-order valence-corrected chi connectivity index (χ4v) is 3.44. The Morgan fingerprint density at radius 3 is 2.23 bits per heavy atom. The summed E-state index contributed by atoms with van der Waals surface area (Å²) in [7, 11) is 0. The minimum absolute atomic E-state index is 0.0158. The zero-order valence-electron chi connectivity index (χ0n) is 14.2. The second kappa shape index (κ2) is 7.25. The van der Waals surface area contributed by atoms with Crippen LogP contribution in [0.25, 0.3) is 0 Å². The Bertz CT molecular complexity index is 546. The summed E-state index contributed by atoms with van der Waals surface area (Å²) in [6, 6.07) is 9.13. The third-order valence-electron chi connectivity index (χ3n) is 3.04. The monoisotopic (exact) mass is 340 g/mol. The maximum atomic E-state index is 14.3. The van der Waals surface area contributed by atoms with Crippen LogP contribution in [0.4, 0.5) is 4.39 Å². The molecule has 1 N–H and O–H groups in total. The first-order valence-corrected chi connectivity index (χ1v) is 9.05. The molecule has 22 heavy (non-hydrogen) atoms. The molecule has 1 aromatic rings. The van der Waals surface area contributed by atoms with Gasteiger partial charge >= 0.3 is 0 Å². The normalized spacial score (nSPS) is 15.2. The van der Waals surface area contributed by atoms with Crippen LogP contribution in [0, 0.1) is 17.1 Å². The molecule has 0 amide bonds. The van der Waals surface area contributed by atoms with E-state index in [4.69, 9.17) is 0 Å². The molecular weight excluding hydrogens is 315 g/mol. The number of rotatable bonds is 6. The summed E-state index contributed by atoms with van der Waals surface area (Å²) in [5, 5.41) is 9.20. The van der Waals surface area contributed by atoms with E-state index in [1.807, 2.05) is 32.9 Å². The number of hydrogen-bond acceptors (Lipinski definition) is 4. The largest absolute Gasteiger partial charge is 0.252 e. The third-order valence-corrected chi connectivity index (χ3v) is 5.74. The maximum Gasteiger partial charge on any atom is 0.128 e. The fourth-order valence-electron chi connectivity index (χ4n) is 1.69. The molecule has 122 valence electrons. The summed E-state index contributed by atoms with van der Waals surface area (Å²) >= 11 is 3.13. The molecule has 0 saturated carbocycles. The van der Waals surface area contributed by atoms with Crippen LogP contribution >= 0.6 is 23.7 Å². The van der Waals surface area contributed by atoms with Gasteiger partial charge in [-0.2, -0.15) is 5.26 Å². The zero-order chi connectivity index (χ0) is 17.0. The molecule has 0 fully saturated rings. The highest BCUT2D eigenvalue weighted by Crippen LogP contribution is 2.36. The Morgan fingerprint density at radius 1 is 1.14 bits per heavy atom. The van der Waals surface area contributed by atoms with Gasteiger partial charge in [-0.15, -0.1) is 11.8 Å². The predicted octanol–water partition coefficient (Wildman–Crippen LogP) is 5.11. The van der Waals surface area contributed by atoms with Crippen molar-refractivity contribution in [1.29, 1.82) is 5.26 Å². The van der Waals surface area contributed by atoms with E-state index >= 15 is 0 Å². The smallest absolute Gasteiger partial charge is 0.128 e. The van der Waals surface area contributed by atoms with Gasteiger partial charge in [0.05, 0.1) is 16.4 Å². The summed E-state index contributed by atoms with van der Waals surface area (Å²) in [5.41, 5.74) is 0.0789. The van der Waals surface area contributed by atoms with E-state index in [0.29, 0.717) is 11.3 Å². The molecule has 0 saturated heterocycles. The Balaban J connectivity index is 3.05. The van der Waals surface area contributed by atoms with Gasteiger partial charge in [0.2, 0.25) is 0 Å². The topological polar surface area (TPSA) is 35.8 Å². The van der Waals surface area contributed by atoms with Crippen molar-refractivity contribution in [3.05, 3.63) is 35.6 Å². The molecule has 5 heteroatoms. The van der Waals surface area contributed by atoms with Crippen molar-refractivity contribution in [3.63, 3.8) is 0 Å². The lowest BCUT2D eigenvalue weighted by Gasteiger charge is -2.35. The minimum Gasteiger partial charge on any atom is -0.252 e. The summed E-state index contributed by atoms with van der Waals surface area (Å²) in [6.45, 7) is 12.1. The maximum absolute atomic E-state index is 14.3. The third kappa shape index (κ3) is 5.83.